The Morgan fingerprint density at radius 2 is 1.93 bits per heavy atom. The van der Waals surface area contributed by atoms with E-state index in [1.807, 2.05) is 43.0 Å². The largest absolute Gasteiger partial charge is 0.311 e. The number of thiophene rings is 1. The second-order valence-corrected chi connectivity index (χ2v) is 9.92. The fourth-order valence-electron chi connectivity index (χ4n) is 3.53. The smallest absolute Gasteiger partial charge is 0.250 e. The van der Waals surface area contributed by atoms with Crippen LogP contribution < -0.4 is 9.62 Å². The third-order valence-electron chi connectivity index (χ3n) is 5.05. The van der Waals surface area contributed by atoms with Crippen LogP contribution in [0.15, 0.2) is 46.0 Å². The summed E-state index contributed by atoms with van der Waals surface area (Å²) in [5.41, 5.74) is 2.04. The average Bonchev–Trinajstić information content (AvgIpc) is 3.21. The average molecular weight is 422 g/mol. The standard InChI is InChI=1S/C20H27N3O3S2/c1-3-23(18-8-5-4-7-16(18)2)19(24)15-22-12-10-17(11-13-22)21-28(25,26)20-9-6-14-27-20/h4-9,14,17,21H,3,10-13,15H2,1-2H3. The van der Waals surface area contributed by atoms with E-state index < -0.39 is 10.0 Å². The normalized spacial score (nSPS) is 16.2. The van der Waals surface area contributed by atoms with Gasteiger partial charge in [0.1, 0.15) is 4.21 Å². The van der Waals surface area contributed by atoms with Crippen LogP contribution in [0.1, 0.15) is 25.3 Å². The lowest BCUT2D eigenvalue weighted by Gasteiger charge is -2.33. The highest BCUT2D eigenvalue weighted by molar-refractivity contribution is 7.91. The molecule has 1 aromatic carbocycles. The number of rotatable bonds is 7. The third-order valence-corrected chi connectivity index (χ3v) is 7.97. The molecular weight excluding hydrogens is 394 g/mol. The molecule has 0 unspecified atom stereocenters. The number of benzene rings is 1. The molecule has 1 fully saturated rings. The Hall–Kier alpha value is -1.74. The number of aryl methyl sites for hydroxylation is 1. The molecule has 0 saturated carbocycles. The first kappa shape index (κ1) is 21.0. The van der Waals surface area contributed by atoms with Crippen molar-refractivity contribution < 1.29 is 13.2 Å². The highest BCUT2D eigenvalue weighted by Gasteiger charge is 2.27. The van der Waals surface area contributed by atoms with Crippen LogP contribution in [0.5, 0.6) is 0 Å². The molecule has 0 spiro atoms. The first-order chi connectivity index (χ1) is 13.4. The van der Waals surface area contributed by atoms with E-state index in [1.54, 1.807) is 17.5 Å². The second-order valence-electron chi connectivity index (χ2n) is 7.03. The molecule has 6 nitrogen and oxygen atoms in total. The Labute approximate surface area is 171 Å². The van der Waals surface area contributed by atoms with E-state index in [4.69, 9.17) is 0 Å². The number of hydrogen-bond donors (Lipinski definition) is 1. The summed E-state index contributed by atoms with van der Waals surface area (Å²) in [6.45, 7) is 6.38. The number of hydrogen-bond acceptors (Lipinski definition) is 5. The molecule has 8 heteroatoms. The van der Waals surface area contributed by atoms with Gasteiger partial charge in [-0.05, 0) is 49.8 Å². The number of carbonyl (C=O) groups excluding carboxylic acids is 1. The van der Waals surface area contributed by atoms with Crippen LogP contribution in [0.2, 0.25) is 0 Å². The highest BCUT2D eigenvalue weighted by atomic mass is 32.2. The van der Waals surface area contributed by atoms with Crippen molar-refractivity contribution >= 4 is 33.0 Å². The molecule has 28 heavy (non-hydrogen) atoms. The first-order valence-corrected chi connectivity index (χ1v) is 11.9. The number of piperidine rings is 1. The van der Waals surface area contributed by atoms with Gasteiger partial charge in [-0.3, -0.25) is 9.69 Å². The van der Waals surface area contributed by atoms with Gasteiger partial charge in [0, 0.05) is 31.4 Å². The van der Waals surface area contributed by atoms with Gasteiger partial charge in [-0.1, -0.05) is 24.3 Å². The van der Waals surface area contributed by atoms with E-state index in [-0.39, 0.29) is 11.9 Å². The molecule has 2 aromatic rings. The number of nitrogens with one attached hydrogen (secondary N) is 1. The molecular formula is C20H27N3O3S2. The SMILES string of the molecule is CCN(C(=O)CN1CCC(NS(=O)(=O)c2cccs2)CC1)c1ccccc1C. The van der Waals surface area contributed by atoms with Crippen LogP contribution in [-0.2, 0) is 14.8 Å². The van der Waals surface area contributed by atoms with Gasteiger partial charge >= 0.3 is 0 Å². The van der Waals surface area contributed by atoms with Crippen LogP contribution in [-0.4, -0.2) is 51.4 Å². The summed E-state index contributed by atoms with van der Waals surface area (Å²) in [5.74, 6) is 0.0782. The maximum Gasteiger partial charge on any atom is 0.250 e. The fraction of sp³-hybridized carbons (Fsp3) is 0.450. The summed E-state index contributed by atoms with van der Waals surface area (Å²) >= 11 is 1.22. The minimum absolute atomic E-state index is 0.0782. The number of para-hydroxylation sites is 1. The van der Waals surface area contributed by atoms with Crippen molar-refractivity contribution in [1.29, 1.82) is 0 Å². The van der Waals surface area contributed by atoms with Crippen LogP contribution in [0.25, 0.3) is 0 Å². The molecule has 152 valence electrons. The minimum atomic E-state index is -3.44. The lowest BCUT2D eigenvalue weighted by Crippen LogP contribution is -2.48. The topological polar surface area (TPSA) is 69.7 Å². The van der Waals surface area contributed by atoms with E-state index in [9.17, 15) is 13.2 Å². The van der Waals surface area contributed by atoms with Crippen molar-refractivity contribution in [2.45, 2.75) is 36.9 Å². The molecule has 0 aliphatic carbocycles. The van der Waals surface area contributed by atoms with Gasteiger partial charge in [0.25, 0.3) is 0 Å². The second kappa shape index (κ2) is 9.17. The number of amides is 1. The summed E-state index contributed by atoms with van der Waals surface area (Å²) in [7, 11) is -3.44. The van der Waals surface area contributed by atoms with Crippen LogP contribution >= 0.6 is 11.3 Å². The molecule has 0 radical (unpaired) electrons. The van der Waals surface area contributed by atoms with Gasteiger partial charge in [-0.15, -0.1) is 11.3 Å². The maximum absolute atomic E-state index is 12.8. The van der Waals surface area contributed by atoms with Gasteiger partial charge in [0.05, 0.1) is 6.54 Å². The monoisotopic (exact) mass is 421 g/mol. The predicted molar refractivity (Wildman–Crippen MR) is 113 cm³/mol. The Morgan fingerprint density at radius 1 is 1.21 bits per heavy atom. The number of sulfonamides is 1. The number of anilines is 1. The summed E-state index contributed by atoms with van der Waals surface area (Å²) in [4.78, 5) is 16.8. The molecule has 0 atom stereocenters. The summed E-state index contributed by atoms with van der Waals surface area (Å²) < 4.78 is 27.9. The Balaban J connectivity index is 1.54. The number of likely N-dealkylation sites (N-methyl/N-ethyl adjacent to an activating group) is 1. The lowest BCUT2D eigenvalue weighted by atomic mass is 10.1. The molecule has 1 aliphatic rings. The van der Waals surface area contributed by atoms with Crippen molar-refractivity contribution in [3.05, 3.63) is 47.3 Å². The van der Waals surface area contributed by atoms with Crippen molar-refractivity contribution in [2.75, 3.05) is 31.1 Å². The fourth-order valence-corrected chi connectivity index (χ4v) is 5.84. The van der Waals surface area contributed by atoms with Gasteiger partial charge < -0.3 is 4.90 Å². The predicted octanol–water partition coefficient (Wildman–Crippen LogP) is 2.85. The van der Waals surface area contributed by atoms with Crippen molar-refractivity contribution in [2.24, 2.45) is 0 Å². The Kier molecular flexibility index (Phi) is 6.87. The van der Waals surface area contributed by atoms with Gasteiger partial charge in [0.15, 0.2) is 0 Å². The van der Waals surface area contributed by atoms with Crippen molar-refractivity contribution in [1.82, 2.24) is 9.62 Å². The van der Waals surface area contributed by atoms with Gasteiger partial charge in [0.2, 0.25) is 15.9 Å². The highest BCUT2D eigenvalue weighted by Crippen LogP contribution is 2.21. The Morgan fingerprint density at radius 3 is 2.54 bits per heavy atom. The molecule has 1 N–H and O–H groups in total. The molecule has 1 aliphatic heterocycles. The number of carbonyl (C=O) groups is 1. The van der Waals surface area contributed by atoms with E-state index in [2.05, 4.69) is 9.62 Å². The van der Waals surface area contributed by atoms with Gasteiger partial charge in [-0.25, -0.2) is 13.1 Å². The summed E-state index contributed by atoms with van der Waals surface area (Å²) in [6.07, 6.45) is 1.41. The molecule has 1 amide bonds. The van der Waals surface area contributed by atoms with Crippen LogP contribution in [0.4, 0.5) is 5.69 Å². The van der Waals surface area contributed by atoms with E-state index in [0.717, 1.165) is 11.3 Å². The lowest BCUT2D eigenvalue weighted by molar-refractivity contribution is -0.120. The Bertz CT molecular complexity index is 889. The zero-order chi connectivity index (χ0) is 20.1. The molecule has 2 heterocycles. The zero-order valence-electron chi connectivity index (χ0n) is 16.3. The summed E-state index contributed by atoms with van der Waals surface area (Å²) in [5, 5.41) is 1.76. The van der Waals surface area contributed by atoms with Crippen molar-refractivity contribution in [3.8, 4) is 0 Å². The van der Waals surface area contributed by atoms with Crippen LogP contribution in [0, 0.1) is 6.92 Å². The zero-order valence-corrected chi connectivity index (χ0v) is 17.9. The molecule has 1 aromatic heterocycles. The first-order valence-electron chi connectivity index (χ1n) is 9.55. The van der Waals surface area contributed by atoms with Gasteiger partial charge in [-0.2, -0.15) is 0 Å². The van der Waals surface area contributed by atoms with E-state index in [0.29, 0.717) is 43.2 Å². The molecule has 3 rings (SSSR count). The molecule has 1 saturated heterocycles. The van der Waals surface area contributed by atoms with Crippen molar-refractivity contribution in [3.63, 3.8) is 0 Å². The third kappa shape index (κ3) is 5.00. The van der Waals surface area contributed by atoms with E-state index >= 15 is 0 Å². The summed E-state index contributed by atoms with van der Waals surface area (Å²) in [6, 6.07) is 11.2. The maximum atomic E-state index is 12.8. The molecule has 0 bridgehead atoms. The quantitative estimate of drug-likeness (QED) is 0.746. The van der Waals surface area contributed by atoms with E-state index in [1.165, 1.54) is 11.3 Å². The number of likely N-dealkylation sites (tertiary alicyclic amines) is 1. The minimum Gasteiger partial charge on any atom is -0.311 e. The number of nitrogens with zero attached hydrogens (tertiary/aromatic N) is 2. The van der Waals surface area contributed by atoms with Crippen LogP contribution in [0.3, 0.4) is 0 Å².